The van der Waals surface area contributed by atoms with Gasteiger partial charge < -0.3 is 9.64 Å². The molecule has 0 radical (unpaired) electrons. The number of aryl methyl sites for hydroxylation is 2. The van der Waals surface area contributed by atoms with Crippen LogP contribution in [0.4, 0.5) is 5.82 Å². The summed E-state index contributed by atoms with van der Waals surface area (Å²) in [5.41, 5.74) is 2.93. The summed E-state index contributed by atoms with van der Waals surface area (Å²) in [6, 6.07) is 5.97. The molecule has 0 saturated carbocycles. The van der Waals surface area contributed by atoms with Crippen molar-refractivity contribution in [3.63, 3.8) is 0 Å². The first-order valence-electron chi connectivity index (χ1n) is 8.25. The van der Waals surface area contributed by atoms with Gasteiger partial charge in [0.1, 0.15) is 11.6 Å². The summed E-state index contributed by atoms with van der Waals surface area (Å²) in [4.78, 5) is 26.8. The largest absolute Gasteiger partial charge is 0.464 e. The Bertz CT molecular complexity index is 983. The van der Waals surface area contributed by atoms with Crippen LogP contribution in [0.1, 0.15) is 23.1 Å². The first-order valence-corrected chi connectivity index (χ1v) is 8.25. The van der Waals surface area contributed by atoms with Gasteiger partial charge in [0, 0.05) is 33.3 Å². The molecule has 0 aliphatic carbocycles. The van der Waals surface area contributed by atoms with Crippen LogP contribution in [0.3, 0.4) is 0 Å². The van der Waals surface area contributed by atoms with E-state index in [1.54, 1.807) is 13.3 Å². The van der Waals surface area contributed by atoms with Crippen LogP contribution in [0.2, 0.25) is 0 Å². The second-order valence-electron chi connectivity index (χ2n) is 6.61. The first kappa shape index (κ1) is 17.1. The predicted molar refractivity (Wildman–Crippen MR) is 99.3 cm³/mol. The quantitative estimate of drug-likeness (QED) is 0.784. The van der Waals surface area contributed by atoms with Gasteiger partial charge in [-0.3, -0.25) is 13.9 Å². The lowest BCUT2D eigenvalue weighted by Crippen LogP contribution is -2.44. The SMILES string of the molecule is Cc1ccc(O/C=C2/CCN(C)c3c2c(=O)n(C)c(=O)n3C)c(C)c1. The Balaban J connectivity index is 2.11. The molecule has 1 aliphatic heterocycles. The molecule has 0 bridgehead atoms. The van der Waals surface area contributed by atoms with Crippen molar-refractivity contribution >= 4 is 11.4 Å². The maximum absolute atomic E-state index is 12.7. The van der Waals surface area contributed by atoms with Crippen LogP contribution in [-0.4, -0.2) is 22.7 Å². The van der Waals surface area contributed by atoms with Gasteiger partial charge in [-0.2, -0.15) is 0 Å². The van der Waals surface area contributed by atoms with Crippen molar-refractivity contribution in [2.24, 2.45) is 14.1 Å². The lowest BCUT2D eigenvalue weighted by Gasteiger charge is -2.30. The average molecular weight is 341 g/mol. The normalized spacial score (nSPS) is 15.4. The topological polar surface area (TPSA) is 56.5 Å². The molecule has 0 amide bonds. The van der Waals surface area contributed by atoms with E-state index in [-0.39, 0.29) is 11.2 Å². The van der Waals surface area contributed by atoms with E-state index in [9.17, 15) is 9.59 Å². The third kappa shape index (κ3) is 2.88. The number of nitrogens with zero attached hydrogens (tertiary/aromatic N) is 3. The average Bonchev–Trinajstić information content (AvgIpc) is 2.58. The van der Waals surface area contributed by atoms with Gasteiger partial charge in [-0.15, -0.1) is 0 Å². The molecule has 2 aromatic rings. The van der Waals surface area contributed by atoms with Crippen molar-refractivity contribution in [2.75, 3.05) is 18.5 Å². The molecule has 1 aliphatic rings. The maximum atomic E-state index is 12.7. The molecule has 25 heavy (non-hydrogen) atoms. The minimum absolute atomic E-state index is 0.292. The Hall–Kier alpha value is -2.76. The Labute approximate surface area is 146 Å². The molecule has 0 spiro atoms. The highest BCUT2D eigenvalue weighted by molar-refractivity contribution is 5.76. The third-order valence-electron chi connectivity index (χ3n) is 4.69. The Morgan fingerprint density at radius 1 is 1.08 bits per heavy atom. The van der Waals surface area contributed by atoms with Gasteiger partial charge >= 0.3 is 5.69 Å². The van der Waals surface area contributed by atoms with Crippen molar-refractivity contribution in [2.45, 2.75) is 20.3 Å². The summed E-state index contributed by atoms with van der Waals surface area (Å²) in [6.45, 7) is 4.74. The standard InChI is InChI=1S/C19H23N3O3/c1-12-6-7-15(13(2)10-12)25-11-14-8-9-20(3)17-16(14)18(23)22(5)19(24)21(17)4/h6-7,10-11H,8-9H2,1-5H3/b14-11-. The second kappa shape index (κ2) is 6.27. The lowest BCUT2D eigenvalue weighted by atomic mass is 10.0. The minimum Gasteiger partial charge on any atom is -0.464 e. The highest BCUT2D eigenvalue weighted by Gasteiger charge is 2.26. The van der Waals surface area contributed by atoms with E-state index in [1.807, 2.05) is 37.9 Å². The number of anilines is 1. The van der Waals surface area contributed by atoms with E-state index >= 15 is 0 Å². The third-order valence-corrected chi connectivity index (χ3v) is 4.69. The van der Waals surface area contributed by atoms with Crippen molar-refractivity contribution in [3.05, 3.63) is 62.0 Å². The summed E-state index contributed by atoms with van der Waals surface area (Å²) in [5.74, 6) is 1.40. The van der Waals surface area contributed by atoms with E-state index < -0.39 is 0 Å². The molecule has 2 heterocycles. The van der Waals surface area contributed by atoms with Crippen LogP contribution in [0, 0.1) is 13.8 Å². The zero-order chi connectivity index (χ0) is 18.3. The molecule has 0 saturated heterocycles. The number of benzene rings is 1. The molecule has 0 fully saturated rings. The smallest absolute Gasteiger partial charge is 0.332 e. The van der Waals surface area contributed by atoms with E-state index in [0.717, 1.165) is 28.0 Å². The molecule has 0 unspecified atom stereocenters. The summed E-state index contributed by atoms with van der Waals surface area (Å²) in [6.07, 6.45) is 2.33. The van der Waals surface area contributed by atoms with Crippen LogP contribution in [0.5, 0.6) is 5.75 Å². The maximum Gasteiger partial charge on any atom is 0.332 e. The fourth-order valence-corrected chi connectivity index (χ4v) is 3.26. The van der Waals surface area contributed by atoms with Crippen LogP contribution < -0.4 is 20.9 Å². The van der Waals surface area contributed by atoms with Gasteiger partial charge in [0.25, 0.3) is 5.56 Å². The Morgan fingerprint density at radius 3 is 2.48 bits per heavy atom. The highest BCUT2D eigenvalue weighted by Crippen LogP contribution is 2.30. The molecule has 0 N–H and O–H groups in total. The fraction of sp³-hybridized carbons (Fsp3) is 0.368. The van der Waals surface area contributed by atoms with E-state index in [0.29, 0.717) is 17.8 Å². The first-order chi connectivity index (χ1) is 11.8. The predicted octanol–water partition coefficient (Wildman–Crippen LogP) is 1.96. The van der Waals surface area contributed by atoms with Gasteiger partial charge in [0.05, 0.1) is 11.8 Å². The van der Waals surface area contributed by atoms with Crippen molar-refractivity contribution < 1.29 is 4.74 Å². The molecule has 1 aromatic heterocycles. The van der Waals surface area contributed by atoms with Gasteiger partial charge in [0.2, 0.25) is 0 Å². The van der Waals surface area contributed by atoms with Crippen LogP contribution >= 0.6 is 0 Å². The van der Waals surface area contributed by atoms with Crippen molar-refractivity contribution in [1.29, 1.82) is 0 Å². The van der Waals surface area contributed by atoms with Crippen molar-refractivity contribution in [3.8, 4) is 5.75 Å². The summed E-state index contributed by atoms with van der Waals surface area (Å²) >= 11 is 0. The summed E-state index contributed by atoms with van der Waals surface area (Å²) in [5, 5.41) is 0. The van der Waals surface area contributed by atoms with Gasteiger partial charge in [0.15, 0.2) is 0 Å². The molecule has 0 atom stereocenters. The van der Waals surface area contributed by atoms with Crippen molar-refractivity contribution in [1.82, 2.24) is 9.13 Å². The molecular formula is C19H23N3O3. The zero-order valence-corrected chi connectivity index (χ0v) is 15.3. The number of hydrogen-bond donors (Lipinski definition) is 0. The van der Waals surface area contributed by atoms with Crippen LogP contribution in [0.25, 0.3) is 5.57 Å². The lowest BCUT2D eigenvalue weighted by molar-refractivity contribution is 0.477. The molecule has 132 valence electrons. The second-order valence-corrected chi connectivity index (χ2v) is 6.61. The van der Waals surface area contributed by atoms with E-state index in [4.69, 9.17) is 4.74 Å². The molecule has 6 heteroatoms. The number of fused-ring (bicyclic) bond motifs is 1. The summed E-state index contributed by atoms with van der Waals surface area (Å²) in [7, 11) is 5.08. The van der Waals surface area contributed by atoms with Crippen LogP contribution in [-0.2, 0) is 14.1 Å². The van der Waals surface area contributed by atoms with E-state index in [2.05, 4.69) is 6.07 Å². The number of hydrogen-bond acceptors (Lipinski definition) is 4. The number of rotatable bonds is 2. The fourth-order valence-electron chi connectivity index (χ4n) is 3.26. The molecule has 1 aromatic carbocycles. The monoisotopic (exact) mass is 341 g/mol. The number of aromatic nitrogens is 2. The minimum atomic E-state index is -0.327. The Morgan fingerprint density at radius 2 is 1.80 bits per heavy atom. The highest BCUT2D eigenvalue weighted by atomic mass is 16.5. The molecule has 3 rings (SSSR count). The molecular weight excluding hydrogens is 318 g/mol. The van der Waals surface area contributed by atoms with E-state index in [1.165, 1.54) is 17.2 Å². The Kier molecular flexibility index (Phi) is 4.29. The van der Waals surface area contributed by atoms with Gasteiger partial charge in [-0.1, -0.05) is 17.7 Å². The van der Waals surface area contributed by atoms with Crippen LogP contribution in [0.15, 0.2) is 34.1 Å². The van der Waals surface area contributed by atoms with Gasteiger partial charge in [-0.05, 0) is 31.9 Å². The molecule has 6 nitrogen and oxygen atoms in total. The number of ether oxygens (including phenoxy) is 1. The zero-order valence-electron chi connectivity index (χ0n) is 15.3. The summed E-state index contributed by atoms with van der Waals surface area (Å²) < 4.78 is 8.53. The van der Waals surface area contributed by atoms with Gasteiger partial charge in [-0.25, -0.2) is 4.79 Å².